The van der Waals surface area contributed by atoms with E-state index in [9.17, 15) is 4.79 Å². The van der Waals surface area contributed by atoms with Crippen molar-refractivity contribution >= 4 is 22.6 Å². The number of nitrogens with zero attached hydrogens (tertiary/aromatic N) is 3. The number of carbonyl (C=O) groups excluding carboxylic acids is 1. The van der Waals surface area contributed by atoms with Crippen LogP contribution in [0.1, 0.15) is 16.1 Å². The number of hydrogen-bond acceptors (Lipinski definition) is 4. The number of amides is 1. The van der Waals surface area contributed by atoms with Crippen molar-refractivity contribution in [2.45, 2.75) is 6.92 Å². The van der Waals surface area contributed by atoms with Gasteiger partial charge in [0.2, 0.25) is 0 Å². The van der Waals surface area contributed by atoms with Gasteiger partial charge >= 0.3 is 0 Å². The zero-order valence-corrected chi connectivity index (χ0v) is 14.2. The second-order valence-corrected chi connectivity index (χ2v) is 5.93. The van der Waals surface area contributed by atoms with Crippen molar-refractivity contribution in [3.8, 4) is 11.3 Å². The van der Waals surface area contributed by atoms with Crippen molar-refractivity contribution in [1.82, 2.24) is 15.0 Å². The number of hydrogen-bond donors (Lipinski definition) is 1. The summed E-state index contributed by atoms with van der Waals surface area (Å²) >= 11 is 0. The topological polar surface area (TPSA) is 67.8 Å². The summed E-state index contributed by atoms with van der Waals surface area (Å²) in [5, 5.41) is 3.67. The van der Waals surface area contributed by atoms with Crippen molar-refractivity contribution in [3.05, 3.63) is 84.3 Å². The molecule has 3 aromatic heterocycles. The molecule has 0 saturated carbocycles. The molecular weight excluding hydrogens is 324 g/mol. The van der Waals surface area contributed by atoms with Gasteiger partial charge in [-0.25, -0.2) is 9.97 Å². The fourth-order valence-corrected chi connectivity index (χ4v) is 2.82. The fourth-order valence-electron chi connectivity index (χ4n) is 2.82. The molecule has 126 valence electrons. The quantitative estimate of drug-likeness (QED) is 0.605. The molecule has 0 atom stereocenters. The Morgan fingerprint density at radius 3 is 2.65 bits per heavy atom. The van der Waals surface area contributed by atoms with E-state index in [4.69, 9.17) is 0 Å². The number of para-hydroxylation sites is 1. The fraction of sp³-hybridized carbons (Fsp3) is 0.0476. The maximum Gasteiger partial charge on any atom is 0.257 e. The van der Waals surface area contributed by atoms with Crippen LogP contribution < -0.4 is 5.32 Å². The average molecular weight is 340 g/mol. The standard InChI is InChI=1S/C21H16N4O/c1-14-6-4-10-20(23-14)25-21(26)17-12-19(15-7-5-11-22-13-15)24-18-9-3-2-8-16(17)18/h2-13H,1H3,(H,23,25,26). The third-order valence-electron chi connectivity index (χ3n) is 4.05. The molecule has 0 aliphatic heterocycles. The van der Waals surface area contributed by atoms with Crippen LogP contribution in [0, 0.1) is 6.92 Å². The SMILES string of the molecule is Cc1cccc(NC(=O)c2cc(-c3cccnc3)nc3ccccc23)n1. The first kappa shape index (κ1) is 15.9. The van der Waals surface area contributed by atoms with Gasteiger partial charge in [-0.2, -0.15) is 0 Å². The van der Waals surface area contributed by atoms with Crippen molar-refractivity contribution < 1.29 is 4.79 Å². The van der Waals surface area contributed by atoms with E-state index in [0.717, 1.165) is 22.2 Å². The zero-order chi connectivity index (χ0) is 17.9. The van der Waals surface area contributed by atoms with Crippen LogP contribution in [0.2, 0.25) is 0 Å². The van der Waals surface area contributed by atoms with Crippen LogP contribution in [-0.4, -0.2) is 20.9 Å². The average Bonchev–Trinajstić information content (AvgIpc) is 2.68. The summed E-state index contributed by atoms with van der Waals surface area (Å²) in [4.78, 5) is 26.1. The maximum absolute atomic E-state index is 12.9. The molecule has 0 fully saturated rings. The Morgan fingerprint density at radius 1 is 0.962 bits per heavy atom. The smallest absolute Gasteiger partial charge is 0.257 e. The Labute approximate surface area is 150 Å². The van der Waals surface area contributed by atoms with E-state index in [1.54, 1.807) is 24.5 Å². The Hall–Kier alpha value is -3.60. The van der Waals surface area contributed by atoms with E-state index in [1.165, 1.54) is 0 Å². The number of carbonyl (C=O) groups is 1. The maximum atomic E-state index is 12.9. The van der Waals surface area contributed by atoms with Crippen LogP contribution in [0.5, 0.6) is 0 Å². The second-order valence-electron chi connectivity index (χ2n) is 5.93. The second kappa shape index (κ2) is 6.72. The summed E-state index contributed by atoms with van der Waals surface area (Å²) in [5.74, 6) is 0.311. The molecule has 1 amide bonds. The molecule has 4 rings (SSSR count). The third-order valence-corrected chi connectivity index (χ3v) is 4.05. The summed E-state index contributed by atoms with van der Waals surface area (Å²) in [6, 6.07) is 18.7. The van der Waals surface area contributed by atoms with Crippen molar-refractivity contribution in [2.75, 3.05) is 5.32 Å². The Kier molecular flexibility index (Phi) is 4.11. The highest BCUT2D eigenvalue weighted by Crippen LogP contribution is 2.25. The van der Waals surface area contributed by atoms with E-state index in [2.05, 4.69) is 20.3 Å². The number of benzene rings is 1. The highest BCUT2D eigenvalue weighted by molar-refractivity contribution is 6.12. The Balaban J connectivity index is 1.81. The predicted octanol–water partition coefficient (Wildman–Crippen LogP) is 4.25. The van der Waals surface area contributed by atoms with Crippen molar-refractivity contribution in [2.24, 2.45) is 0 Å². The lowest BCUT2D eigenvalue weighted by atomic mass is 10.0. The van der Waals surface area contributed by atoms with E-state index >= 15 is 0 Å². The van der Waals surface area contributed by atoms with Crippen molar-refractivity contribution in [1.29, 1.82) is 0 Å². The molecule has 0 saturated heterocycles. The van der Waals surface area contributed by atoms with Crippen LogP contribution in [-0.2, 0) is 0 Å². The molecule has 0 aliphatic carbocycles. The number of pyridine rings is 3. The van der Waals surface area contributed by atoms with Crippen LogP contribution in [0.4, 0.5) is 5.82 Å². The van der Waals surface area contributed by atoms with E-state index in [1.807, 2.05) is 55.5 Å². The molecule has 4 aromatic rings. The van der Waals surface area contributed by atoms with Gasteiger partial charge < -0.3 is 5.32 Å². The summed E-state index contributed by atoms with van der Waals surface area (Å²) in [7, 11) is 0. The number of aromatic nitrogens is 3. The predicted molar refractivity (Wildman–Crippen MR) is 102 cm³/mol. The highest BCUT2D eigenvalue weighted by atomic mass is 16.1. The van der Waals surface area contributed by atoms with Crippen LogP contribution in [0.3, 0.4) is 0 Å². The molecule has 0 bridgehead atoms. The number of nitrogens with one attached hydrogen (secondary N) is 1. The van der Waals surface area contributed by atoms with Crippen LogP contribution in [0.15, 0.2) is 73.1 Å². The Bertz CT molecular complexity index is 1090. The van der Waals surface area contributed by atoms with Gasteiger partial charge in [-0.05, 0) is 43.3 Å². The van der Waals surface area contributed by atoms with Crippen molar-refractivity contribution in [3.63, 3.8) is 0 Å². The van der Waals surface area contributed by atoms with Crippen LogP contribution in [0.25, 0.3) is 22.2 Å². The molecule has 5 nitrogen and oxygen atoms in total. The number of anilines is 1. The molecule has 0 unspecified atom stereocenters. The van der Waals surface area contributed by atoms with Gasteiger partial charge in [-0.3, -0.25) is 9.78 Å². The zero-order valence-electron chi connectivity index (χ0n) is 14.2. The van der Waals surface area contributed by atoms with E-state index < -0.39 is 0 Å². The molecule has 1 N–H and O–H groups in total. The summed E-state index contributed by atoms with van der Waals surface area (Å²) in [6.07, 6.45) is 3.45. The summed E-state index contributed by atoms with van der Waals surface area (Å²) < 4.78 is 0. The lowest BCUT2D eigenvalue weighted by molar-refractivity contribution is 0.102. The Morgan fingerprint density at radius 2 is 1.85 bits per heavy atom. The molecule has 0 aliphatic rings. The summed E-state index contributed by atoms with van der Waals surface area (Å²) in [5.41, 5.74) is 3.73. The molecule has 0 spiro atoms. The number of rotatable bonds is 3. The summed E-state index contributed by atoms with van der Waals surface area (Å²) in [6.45, 7) is 1.89. The highest BCUT2D eigenvalue weighted by Gasteiger charge is 2.14. The number of aryl methyl sites for hydroxylation is 1. The van der Waals surface area contributed by atoms with Gasteiger partial charge in [0.05, 0.1) is 16.8 Å². The first-order chi connectivity index (χ1) is 12.7. The number of fused-ring (bicyclic) bond motifs is 1. The normalized spacial score (nSPS) is 10.7. The van der Waals surface area contributed by atoms with Gasteiger partial charge in [0.15, 0.2) is 0 Å². The molecule has 1 aromatic carbocycles. The molecular formula is C21H16N4O. The van der Waals surface area contributed by atoms with Crippen LogP contribution >= 0.6 is 0 Å². The van der Waals surface area contributed by atoms with Gasteiger partial charge in [-0.1, -0.05) is 24.3 Å². The van der Waals surface area contributed by atoms with Gasteiger partial charge in [0, 0.05) is 29.0 Å². The minimum Gasteiger partial charge on any atom is -0.307 e. The minimum absolute atomic E-state index is 0.216. The van der Waals surface area contributed by atoms with Gasteiger partial charge in [-0.15, -0.1) is 0 Å². The lowest BCUT2D eigenvalue weighted by Gasteiger charge is -2.10. The molecule has 5 heteroatoms. The third kappa shape index (κ3) is 3.15. The van der Waals surface area contributed by atoms with Gasteiger partial charge in [0.1, 0.15) is 5.82 Å². The van der Waals surface area contributed by atoms with E-state index in [0.29, 0.717) is 17.1 Å². The lowest BCUT2D eigenvalue weighted by Crippen LogP contribution is -2.14. The van der Waals surface area contributed by atoms with E-state index in [-0.39, 0.29) is 5.91 Å². The monoisotopic (exact) mass is 340 g/mol. The molecule has 0 radical (unpaired) electrons. The first-order valence-corrected chi connectivity index (χ1v) is 8.26. The largest absolute Gasteiger partial charge is 0.307 e. The minimum atomic E-state index is -0.216. The first-order valence-electron chi connectivity index (χ1n) is 8.26. The molecule has 3 heterocycles. The van der Waals surface area contributed by atoms with Gasteiger partial charge in [0.25, 0.3) is 5.91 Å². The molecule has 26 heavy (non-hydrogen) atoms.